The van der Waals surface area contributed by atoms with Crippen molar-refractivity contribution in [2.24, 2.45) is 0 Å². The van der Waals surface area contributed by atoms with Crippen LogP contribution >= 0.6 is 34.0 Å². The summed E-state index contributed by atoms with van der Waals surface area (Å²) in [6, 6.07) is 47.1. The summed E-state index contributed by atoms with van der Waals surface area (Å²) in [5.74, 6) is 0. The summed E-state index contributed by atoms with van der Waals surface area (Å²) in [5, 5.41) is 13.3. The minimum Gasteiger partial charge on any atom is -0.355 e. The predicted molar refractivity (Wildman–Crippen MR) is 280 cm³/mol. The molecule has 1 N–H and O–H groups in total. The Kier molecular flexibility index (Phi) is 8.08. The van der Waals surface area contributed by atoms with Crippen molar-refractivity contribution in [2.45, 2.75) is 78.6 Å². The first-order valence-corrected chi connectivity index (χ1v) is 24.4. The molecule has 304 valence electrons. The van der Waals surface area contributed by atoms with Crippen molar-refractivity contribution >= 4 is 135 Å². The van der Waals surface area contributed by atoms with Crippen LogP contribution in [-0.4, -0.2) is 11.8 Å². The highest BCUT2D eigenvalue weighted by molar-refractivity contribution is 7.29. The van der Waals surface area contributed by atoms with Gasteiger partial charge in [0, 0.05) is 83.7 Å². The standard InChI is InChI=1S/C56H49BN2S3/c1-54(2,3)30-14-18-33(19-15-30)58-43-29-49-40(35-20-16-32(56(7,8)9)25-47(35)61-49)26-38(43)36-21-22-37-39-28-48-41(34-12-10-11-13-45(34)60-48)27-44(39)59-51(37)50(36)57-53-52(59)42-24-31(55(4,5)6)17-23-46(42)62-53/h10-29,57-58H,1-9H3. The quantitative estimate of drug-likeness (QED) is 0.175. The second-order valence-corrected chi connectivity index (χ2v) is 24.0. The summed E-state index contributed by atoms with van der Waals surface area (Å²) >= 11 is 5.80. The number of rotatable bonds is 3. The van der Waals surface area contributed by atoms with Gasteiger partial charge in [-0.15, -0.1) is 34.0 Å². The number of nitrogens with zero attached hydrogens (tertiary/aromatic N) is 1. The zero-order valence-corrected chi connectivity index (χ0v) is 39.4. The summed E-state index contributed by atoms with van der Waals surface area (Å²) in [6.07, 6.45) is 0. The molecule has 0 saturated carbocycles. The van der Waals surface area contributed by atoms with E-state index in [1.54, 1.807) is 0 Å². The molecule has 0 bridgehead atoms. The zero-order chi connectivity index (χ0) is 42.6. The van der Waals surface area contributed by atoms with Gasteiger partial charge in [0.25, 0.3) is 0 Å². The summed E-state index contributed by atoms with van der Waals surface area (Å²) in [6.45, 7) is 20.8. The molecule has 0 saturated heterocycles. The van der Waals surface area contributed by atoms with E-state index in [0.29, 0.717) is 0 Å². The summed E-state index contributed by atoms with van der Waals surface area (Å²) in [7, 11) is 0.886. The molecular weight excluding hydrogens is 808 g/mol. The van der Waals surface area contributed by atoms with Crippen molar-refractivity contribution < 1.29 is 0 Å². The molecule has 0 atom stereocenters. The van der Waals surface area contributed by atoms with E-state index in [1.165, 1.54) is 116 Å². The van der Waals surface area contributed by atoms with Crippen LogP contribution in [0.1, 0.15) is 79.0 Å². The maximum absolute atomic E-state index is 3.98. The third-order valence-corrected chi connectivity index (χ3v) is 16.9. The predicted octanol–water partition coefficient (Wildman–Crippen LogP) is 15.7. The molecule has 0 unspecified atom stereocenters. The molecule has 5 heterocycles. The average molecular weight is 857 g/mol. The number of hydrogen-bond acceptors (Lipinski definition) is 4. The van der Waals surface area contributed by atoms with Crippen LogP contribution < -0.4 is 15.6 Å². The van der Waals surface area contributed by atoms with E-state index in [0.717, 1.165) is 18.7 Å². The van der Waals surface area contributed by atoms with Gasteiger partial charge in [0.2, 0.25) is 7.28 Å². The van der Waals surface area contributed by atoms with Crippen LogP contribution in [0, 0.1) is 0 Å². The van der Waals surface area contributed by atoms with Crippen LogP contribution in [0.15, 0.2) is 121 Å². The van der Waals surface area contributed by atoms with Gasteiger partial charge in [-0.05, 0) is 109 Å². The fraction of sp³-hybridized carbons (Fsp3) is 0.214. The number of nitrogens with one attached hydrogen (secondary N) is 1. The van der Waals surface area contributed by atoms with E-state index in [2.05, 4.69) is 194 Å². The van der Waals surface area contributed by atoms with Gasteiger partial charge in [0.05, 0.1) is 11.2 Å². The van der Waals surface area contributed by atoms with Crippen molar-refractivity contribution in [3.8, 4) is 16.8 Å². The Hall–Kier alpha value is -5.40. The first-order valence-electron chi connectivity index (χ1n) is 21.9. The maximum atomic E-state index is 3.98. The number of benzene rings is 7. The largest absolute Gasteiger partial charge is 0.355 e. The molecule has 6 heteroatoms. The van der Waals surface area contributed by atoms with Gasteiger partial charge in [0.15, 0.2) is 0 Å². The molecule has 0 radical (unpaired) electrons. The molecule has 12 rings (SSSR count). The van der Waals surface area contributed by atoms with Crippen LogP contribution in [0.3, 0.4) is 0 Å². The average Bonchev–Trinajstić information content (AvgIpc) is 3.97. The Morgan fingerprint density at radius 3 is 1.84 bits per heavy atom. The topological polar surface area (TPSA) is 17.0 Å². The van der Waals surface area contributed by atoms with Crippen LogP contribution in [0.25, 0.3) is 89.1 Å². The lowest BCUT2D eigenvalue weighted by atomic mass is 9.63. The first kappa shape index (κ1) is 38.3. The third kappa shape index (κ3) is 5.79. The maximum Gasteiger partial charge on any atom is 0.211 e. The highest BCUT2D eigenvalue weighted by atomic mass is 32.1. The van der Waals surface area contributed by atoms with Crippen molar-refractivity contribution in [1.82, 2.24) is 4.57 Å². The minimum absolute atomic E-state index is 0.0494. The van der Waals surface area contributed by atoms with E-state index in [-0.39, 0.29) is 16.2 Å². The monoisotopic (exact) mass is 856 g/mol. The molecule has 1 aliphatic rings. The zero-order valence-electron chi connectivity index (χ0n) is 36.9. The summed E-state index contributed by atoms with van der Waals surface area (Å²) in [4.78, 5) is 0. The Labute approximate surface area is 376 Å². The molecule has 4 aromatic heterocycles. The van der Waals surface area contributed by atoms with Crippen molar-refractivity contribution in [1.29, 1.82) is 0 Å². The number of thiophene rings is 3. The summed E-state index contributed by atoms with van der Waals surface area (Å²) in [5.41, 5.74) is 14.5. The molecule has 2 nitrogen and oxygen atoms in total. The second kappa shape index (κ2) is 13.1. The lowest BCUT2D eigenvalue weighted by Crippen LogP contribution is -2.35. The normalized spacial score (nSPS) is 13.4. The Balaban J connectivity index is 1.16. The van der Waals surface area contributed by atoms with Gasteiger partial charge in [-0.25, -0.2) is 0 Å². The highest BCUT2D eigenvalue weighted by Gasteiger charge is 2.31. The third-order valence-electron chi connectivity index (χ3n) is 13.5. The number of anilines is 2. The molecule has 1 aliphatic heterocycles. The number of hydrogen-bond donors (Lipinski definition) is 1. The molecule has 11 aromatic rings. The van der Waals surface area contributed by atoms with Gasteiger partial charge in [-0.1, -0.05) is 123 Å². The van der Waals surface area contributed by atoms with Gasteiger partial charge in [-0.3, -0.25) is 0 Å². The summed E-state index contributed by atoms with van der Waals surface area (Å²) < 4.78 is 10.8. The van der Waals surface area contributed by atoms with Gasteiger partial charge in [0.1, 0.15) is 0 Å². The molecule has 62 heavy (non-hydrogen) atoms. The second-order valence-electron chi connectivity index (χ2n) is 20.7. The van der Waals surface area contributed by atoms with E-state index in [1.807, 2.05) is 34.0 Å². The van der Waals surface area contributed by atoms with E-state index in [9.17, 15) is 0 Å². The van der Waals surface area contributed by atoms with Gasteiger partial charge < -0.3 is 9.88 Å². The van der Waals surface area contributed by atoms with Crippen molar-refractivity contribution in [3.63, 3.8) is 0 Å². The van der Waals surface area contributed by atoms with E-state index in [4.69, 9.17) is 0 Å². The first-order chi connectivity index (χ1) is 29.6. The molecule has 0 amide bonds. The fourth-order valence-electron chi connectivity index (χ4n) is 10.0. The molecule has 0 aliphatic carbocycles. The fourth-order valence-corrected chi connectivity index (χ4v) is 13.5. The van der Waals surface area contributed by atoms with Gasteiger partial charge >= 0.3 is 0 Å². The Bertz CT molecular complexity index is 3680. The molecule has 7 aromatic carbocycles. The minimum atomic E-state index is 0.0494. The van der Waals surface area contributed by atoms with Gasteiger partial charge in [-0.2, -0.15) is 0 Å². The van der Waals surface area contributed by atoms with Crippen molar-refractivity contribution in [2.75, 3.05) is 5.32 Å². The van der Waals surface area contributed by atoms with E-state index < -0.39 is 0 Å². The number of fused-ring (bicyclic) bond motifs is 13. The highest BCUT2D eigenvalue weighted by Crippen LogP contribution is 2.47. The van der Waals surface area contributed by atoms with E-state index >= 15 is 0 Å². The SMILES string of the molecule is CC(C)(C)c1ccc(Nc2cc3sc4cc(C(C)(C)C)ccc4c3cc2-c2ccc3c4cc5sc6ccccc6c5cc4n4c3c2Bc2sc3ccc(C(C)(C)C)cc3c2-4)cc1. The van der Waals surface area contributed by atoms with Crippen LogP contribution in [-0.2, 0) is 16.2 Å². The number of aromatic nitrogens is 1. The van der Waals surface area contributed by atoms with Crippen LogP contribution in [0.2, 0.25) is 0 Å². The molecule has 0 spiro atoms. The van der Waals surface area contributed by atoms with Crippen LogP contribution in [0.4, 0.5) is 11.4 Å². The van der Waals surface area contributed by atoms with Crippen molar-refractivity contribution in [3.05, 3.63) is 138 Å². The van der Waals surface area contributed by atoms with Crippen LogP contribution in [0.5, 0.6) is 0 Å². The lowest BCUT2D eigenvalue weighted by molar-refractivity contribution is 0.590. The molecule has 0 fully saturated rings. The molecular formula is C56H49BN2S3. The Morgan fingerprint density at radius 1 is 0.452 bits per heavy atom. The Morgan fingerprint density at radius 2 is 1.06 bits per heavy atom. The lowest BCUT2D eigenvalue weighted by Gasteiger charge is -2.23. The smallest absolute Gasteiger partial charge is 0.211 e.